The van der Waals surface area contributed by atoms with Gasteiger partial charge < -0.3 is 18.6 Å². The molecule has 0 saturated heterocycles. The van der Waals surface area contributed by atoms with Crippen molar-refractivity contribution in [1.82, 2.24) is 14.6 Å². The second-order valence-electron chi connectivity index (χ2n) is 6.28. The minimum atomic E-state index is -5.08. The van der Waals surface area contributed by atoms with Gasteiger partial charge >= 0.3 is 12.1 Å². The van der Waals surface area contributed by atoms with Crippen LogP contribution in [0.15, 0.2) is 52.1 Å². The number of nitrogens with zero attached hydrogens (tertiary/aromatic N) is 3. The molecule has 0 atom stereocenters. The van der Waals surface area contributed by atoms with E-state index in [0.717, 1.165) is 44.1 Å². The van der Waals surface area contributed by atoms with Gasteiger partial charge in [0.15, 0.2) is 0 Å². The van der Waals surface area contributed by atoms with E-state index in [4.69, 9.17) is 18.8 Å². The molecule has 0 radical (unpaired) electrons. The zero-order chi connectivity index (χ0) is 20.1. The van der Waals surface area contributed by atoms with Crippen LogP contribution in [0.4, 0.5) is 13.2 Å². The van der Waals surface area contributed by atoms with E-state index in [9.17, 15) is 13.2 Å². The Balaban J connectivity index is 0.000000279. The van der Waals surface area contributed by atoms with Crippen molar-refractivity contribution in [1.29, 1.82) is 0 Å². The normalized spacial score (nSPS) is 14.2. The first-order valence-corrected chi connectivity index (χ1v) is 8.43. The van der Waals surface area contributed by atoms with Crippen molar-refractivity contribution in [3.8, 4) is 0 Å². The highest BCUT2D eigenvalue weighted by Crippen LogP contribution is 2.24. The first kappa shape index (κ1) is 19.7. The number of hydrogen-bond acceptors (Lipinski definition) is 5. The summed E-state index contributed by atoms with van der Waals surface area (Å²) in [6, 6.07) is 6.07. The number of rotatable bonds is 4. The van der Waals surface area contributed by atoms with Crippen LogP contribution >= 0.6 is 0 Å². The Hall–Kier alpha value is -3.01. The zero-order valence-electron chi connectivity index (χ0n) is 14.7. The highest BCUT2D eigenvalue weighted by Gasteiger charge is 2.38. The Morgan fingerprint density at radius 1 is 1.25 bits per heavy atom. The van der Waals surface area contributed by atoms with E-state index in [1.54, 1.807) is 6.26 Å². The molecular weight excluding hydrogens is 379 g/mol. The summed E-state index contributed by atoms with van der Waals surface area (Å²) in [6.07, 6.45) is 3.47. The summed E-state index contributed by atoms with van der Waals surface area (Å²) in [5.74, 6) is -1.71. The van der Waals surface area contributed by atoms with Gasteiger partial charge in [0.05, 0.1) is 19.1 Å². The maximum atomic E-state index is 10.6. The summed E-state index contributed by atoms with van der Waals surface area (Å²) in [5.41, 5.74) is 3.50. The lowest BCUT2D eigenvalue weighted by Crippen LogP contribution is -2.29. The molecule has 4 heterocycles. The molecule has 1 aliphatic rings. The van der Waals surface area contributed by atoms with Gasteiger partial charge in [-0.15, -0.1) is 0 Å². The number of aliphatic carboxylic acids is 1. The third-order valence-electron chi connectivity index (χ3n) is 4.22. The minimum absolute atomic E-state index is 0.769. The Bertz CT molecular complexity index is 886. The molecule has 3 aromatic rings. The van der Waals surface area contributed by atoms with E-state index in [1.165, 1.54) is 11.1 Å². The van der Waals surface area contributed by atoms with Crippen LogP contribution in [0.5, 0.6) is 0 Å². The number of carbonyl (C=O) groups is 1. The molecule has 150 valence electrons. The molecule has 4 rings (SSSR count). The average molecular weight is 397 g/mol. The summed E-state index contributed by atoms with van der Waals surface area (Å²) < 4.78 is 44.5. The fraction of sp³-hybridized carbons (Fsp3) is 0.333. The Morgan fingerprint density at radius 2 is 1.96 bits per heavy atom. The van der Waals surface area contributed by atoms with Crippen LogP contribution in [0.25, 0.3) is 0 Å². The molecule has 0 unspecified atom stereocenters. The summed E-state index contributed by atoms with van der Waals surface area (Å²) >= 11 is 0. The predicted molar refractivity (Wildman–Crippen MR) is 90.3 cm³/mol. The van der Waals surface area contributed by atoms with Crippen LogP contribution in [0.2, 0.25) is 0 Å². The smallest absolute Gasteiger partial charge is 0.475 e. The van der Waals surface area contributed by atoms with Crippen molar-refractivity contribution in [2.24, 2.45) is 0 Å². The van der Waals surface area contributed by atoms with Gasteiger partial charge in [-0.25, -0.2) is 4.79 Å². The van der Waals surface area contributed by atoms with E-state index in [1.807, 2.05) is 36.9 Å². The van der Waals surface area contributed by atoms with Gasteiger partial charge in [-0.05, 0) is 18.2 Å². The molecule has 0 amide bonds. The molecule has 1 aliphatic heterocycles. The van der Waals surface area contributed by atoms with E-state index in [2.05, 4.69) is 14.6 Å². The number of alkyl halides is 3. The van der Waals surface area contributed by atoms with Crippen LogP contribution < -0.4 is 0 Å². The lowest BCUT2D eigenvalue weighted by Gasteiger charge is -2.25. The summed E-state index contributed by atoms with van der Waals surface area (Å²) in [6.45, 7) is 3.56. The highest BCUT2D eigenvalue weighted by molar-refractivity contribution is 5.73. The molecule has 0 aliphatic carbocycles. The van der Waals surface area contributed by atoms with E-state index in [-0.39, 0.29) is 0 Å². The third-order valence-corrected chi connectivity index (χ3v) is 4.22. The molecule has 0 bridgehead atoms. The largest absolute Gasteiger partial charge is 0.490 e. The molecule has 10 heteroatoms. The molecule has 3 aromatic heterocycles. The van der Waals surface area contributed by atoms with Crippen molar-refractivity contribution in [3.63, 3.8) is 0 Å². The van der Waals surface area contributed by atoms with Crippen molar-refractivity contribution < 1.29 is 32.0 Å². The Labute approximate surface area is 157 Å². The second kappa shape index (κ2) is 8.34. The first-order valence-electron chi connectivity index (χ1n) is 8.43. The van der Waals surface area contributed by atoms with Crippen LogP contribution in [0.3, 0.4) is 0 Å². The van der Waals surface area contributed by atoms with Crippen molar-refractivity contribution in [3.05, 3.63) is 65.7 Å². The van der Waals surface area contributed by atoms with Gasteiger partial charge in [-0.1, -0.05) is 5.16 Å². The molecule has 0 spiro atoms. The predicted octanol–water partition coefficient (Wildman–Crippen LogP) is 3.31. The van der Waals surface area contributed by atoms with Crippen molar-refractivity contribution in [2.45, 2.75) is 32.2 Å². The van der Waals surface area contributed by atoms with Gasteiger partial charge in [0.2, 0.25) is 0 Å². The number of fused-ring (bicyclic) bond motifs is 1. The third kappa shape index (κ3) is 5.03. The molecule has 1 N–H and O–H groups in total. The molecule has 0 fully saturated rings. The number of carboxylic acids is 1. The van der Waals surface area contributed by atoms with Crippen LogP contribution in [0.1, 0.15) is 22.6 Å². The van der Waals surface area contributed by atoms with E-state index in [0.29, 0.717) is 0 Å². The van der Waals surface area contributed by atoms with Crippen LogP contribution in [0, 0.1) is 0 Å². The highest BCUT2D eigenvalue weighted by atomic mass is 19.4. The summed E-state index contributed by atoms with van der Waals surface area (Å²) in [7, 11) is 0. The number of carboxylic acid groups (broad SMARTS) is 1. The fourth-order valence-corrected chi connectivity index (χ4v) is 2.87. The van der Waals surface area contributed by atoms with Crippen molar-refractivity contribution in [2.75, 3.05) is 6.54 Å². The van der Waals surface area contributed by atoms with Gasteiger partial charge in [0, 0.05) is 49.6 Å². The van der Waals surface area contributed by atoms with Crippen LogP contribution in [-0.2, 0) is 30.8 Å². The van der Waals surface area contributed by atoms with E-state index < -0.39 is 12.1 Å². The van der Waals surface area contributed by atoms with Gasteiger partial charge in [0.25, 0.3) is 0 Å². The topological polar surface area (TPSA) is 84.6 Å². The molecule has 0 aromatic carbocycles. The maximum Gasteiger partial charge on any atom is 0.490 e. The van der Waals surface area contributed by atoms with E-state index >= 15 is 0 Å². The van der Waals surface area contributed by atoms with Crippen LogP contribution in [-0.4, -0.2) is 38.4 Å². The molecule has 7 nitrogen and oxygen atoms in total. The van der Waals surface area contributed by atoms with Gasteiger partial charge in [-0.3, -0.25) is 4.90 Å². The number of furan rings is 1. The monoisotopic (exact) mass is 397 g/mol. The quantitative estimate of drug-likeness (QED) is 0.727. The Kier molecular flexibility index (Phi) is 5.88. The fourth-order valence-electron chi connectivity index (χ4n) is 2.87. The lowest BCUT2D eigenvalue weighted by molar-refractivity contribution is -0.192. The van der Waals surface area contributed by atoms with Gasteiger partial charge in [0.1, 0.15) is 11.5 Å². The maximum absolute atomic E-state index is 10.6. The molecular formula is C18H18F3N3O4. The summed E-state index contributed by atoms with van der Waals surface area (Å²) in [5, 5.41) is 11.4. The average Bonchev–Trinajstić information content (AvgIpc) is 3.38. The Morgan fingerprint density at radius 3 is 2.57 bits per heavy atom. The lowest BCUT2D eigenvalue weighted by atomic mass is 10.1. The minimum Gasteiger partial charge on any atom is -0.475 e. The SMILES string of the molecule is O=C(O)C(F)(F)F.c1ccn(Cc2noc3c2CN(Cc2ccoc2)CC3)c1. The number of hydrogen-bond donors (Lipinski definition) is 1. The van der Waals surface area contributed by atoms with Gasteiger partial charge in [-0.2, -0.15) is 13.2 Å². The molecule has 0 saturated carbocycles. The second-order valence-corrected chi connectivity index (χ2v) is 6.28. The summed E-state index contributed by atoms with van der Waals surface area (Å²) in [4.78, 5) is 11.3. The zero-order valence-corrected chi connectivity index (χ0v) is 14.7. The standard InChI is InChI=1S/C16H17N3O2.C2HF3O2/c1-2-6-18(5-1)11-15-14-10-19(7-3-16(14)21-17-15)9-13-4-8-20-12-13;3-2(4,5)1(6)7/h1-2,4-6,8,12H,3,7,9-11H2;(H,6,7). The van der Waals surface area contributed by atoms with Crippen molar-refractivity contribution >= 4 is 5.97 Å². The molecule has 28 heavy (non-hydrogen) atoms. The number of aromatic nitrogens is 2. The number of halogens is 3. The first-order chi connectivity index (χ1) is 13.3.